The van der Waals surface area contributed by atoms with E-state index in [4.69, 9.17) is 0 Å². The van der Waals surface area contributed by atoms with Crippen LogP contribution in [0.5, 0.6) is 0 Å². The van der Waals surface area contributed by atoms with Crippen molar-refractivity contribution in [2.45, 2.75) is 0 Å². The Hall–Kier alpha value is -1.94. The topological polar surface area (TPSA) is 46.4 Å². The minimum atomic E-state index is 0.722. The van der Waals surface area contributed by atoms with Crippen molar-refractivity contribution in [3.8, 4) is 0 Å². The number of hydrogen-bond acceptors (Lipinski definition) is 3. The third-order valence-corrected chi connectivity index (χ3v) is 1.94. The molecule has 0 amide bonds. The van der Waals surface area contributed by atoms with E-state index in [2.05, 4.69) is 0 Å². The number of nitroso groups, excluding NO2 is 1. The lowest BCUT2D eigenvalue weighted by molar-refractivity contribution is -0.403. The van der Waals surface area contributed by atoms with Crippen molar-refractivity contribution in [3.63, 3.8) is 0 Å². The molecule has 0 unspecified atom stereocenters. The highest BCUT2D eigenvalue weighted by Gasteiger charge is 2.07. The van der Waals surface area contributed by atoms with Crippen LogP contribution in [0, 0.1) is 10.1 Å². The lowest BCUT2D eigenvalue weighted by Crippen LogP contribution is -2.02. The quantitative estimate of drug-likeness (QED) is 0.546. The summed E-state index contributed by atoms with van der Waals surface area (Å²) >= 11 is 0. The van der Waals surface area contributed by atoms with Crippen molar-refractivity contribution >= 4 is 0 Å². The van der Waals surface area contributed by atoms with E-state index in [0.29, 0.717) is 0 Å². The summed E-state index contributed by atoms with van der Waals surface area (Å²) in [4.78, 5) is 10.8. The molecule has 0 spiro atoms. The van der Waals surface area contributed by atoms with Gasteiger partial charge in [0.1, 0.15) is 0 Å². The van der Waals surface area contributed by atoms with Gasteiger partial charge in [-0.1, -0.05) is 0 Å². The largest absolute Gasteiger partial charge is 0.755 e. The fourth-order valence-corrected chi connectivity index (χ4v) is 1.21. The van der Waals surface area contributed by atoms with Crippen LogP contribution in [0.4, 0.5) is 0 Å². The lowest BCUT2D eigenvalue weighted by atomic mass is 10.1. The molecule has 0 aromatic carbocycles. The van der Waals surface area contributed by atoms with Gasteiger partial charge in [0.25, 0.3) is 0 Å². The van der Waals surface area contributed by atoms with Crippen LogP contribution < -0.4 is 0 Å². The zero-order chi connectivity index (χ0) is 9.97. The Bertz CT molecular complexity index is 380. The molecule has 2 aliphatic rings. The summed E-state index contributed by atoms with van der Waals surface area (Å²) in [5, 5.41) is 11.5. The van der Waals surface area contributed by atoms with E-state index in [1.165, 1.54) is 24.8 Å². The van der Waals surface area contributed by atoms with Gasteiger partial charge in [0.15, 0.2) is 0 Å². The van der Waals surface area contributed by atoms with Crippen molar-refractivity contribution in [1.82, 2.24) is 5.06 Å². The number of hydrogen-bond donors (Lipinski definition) is 0. The predicted octanol–water partition coefficient (Wildman–Crippen LogP) is 1.94. The molecule has 0 atom stereocenters. The summed E-state index contributed by atoms with van der Waals surface area (Å²) in [6, 6.07) is 0. The van der Waals surface area contributed by atoms with Crippen molar-refractivity contribution < 1.29 is 4.76 Å². The van der Waals surface area contributed by atoms with Crippen molar-refractivity contribution in [3.05, 3.63) is 70.4 Å². The van der Waals surface area contributed by atoms with Crippen LogP contribution in [0.1, 0.15) is 0 Å². The predicted molar refractivity (Wildman–Crippen MR) is 52.4 cm³/mol. The van der Waals surface area contributed by atoms with Crippen LogP contribution in [0.15, 0.2) is 60.3 Å². The molecular formula is C10H8N2O2. The smallest absolute Gasteiger partial charge is 0.228 e. The summed E-state index contributed by atoms with van der Waals surface area (Å²) in [5.41, 5.74) is 1.83. The molecule has 2 aliphatic heterocycles. The van der Waals surface area contributed by atoms with Gasteiger partial charge in [-0.15, -0.1) is 0 Å². The Morgan fingerprint density at radius 1 is 1.00 bits per heavy atom. The second-order valence-corrected chi connectivity index (χ2v) is 2.89. The van der Waals surface area contributed by atoms with E-state index < -0.39 is 0 Å². The van der Waals surface area contributed by atoms with Crippen LogP contribution in [-0.2, 0) is 0 Å². The number of nitrogens with zero attached hydrogens (tertiary/aromatic N) is 2. The minimum absolute atomic E-state index is 0.722. The molecule has 0 bridgehead atoms. The van der Waals surface area contributed by atoms with Crippen LogP contribution in [-0.4, -0.2) is 9.82 Å². The maximum Gasteiger partial charge on any atom is 0.228 e. The first-order valence-electron chi connectivity index (χ1n) is 4.14. The van der Waals surface area contributed by atoms with Crippen molar-refractivity contribution in [1.29, 1.82) is 0 Å². The average molecular weight is 188 g/mol. The van der Waals surface area contributed by atoms with Gasteiger partial charge in [0.2, 0.25) is 12.4 Å². The van der Waals surface area contributed by atoms with Crippen LogP contribution >= 0.6 is 0 Å². The molecule has 0 radical (unpaired) electrons. The monoisotopic (exact) mass is 188 g/mol. The van der Waals surface area contributed by atoms with Gasteiger partial charge in [-0.3, -0.25) is 0 Å². The third kappa shape index (κ3) is 1.70. The van der Waals surface area contributed by atoms with E-state index in [1.54, 1.807) is 24.3 Å². The summed E-state index contributed by atoms with van der Waals surface area (Å²) in [5.74, 6) is 0. The zero-order valence-corrected chi connectivity index (χ0v) is 7.33. The van der Waals surface area contributed by atoms with E-state index in [1.807, 2.05) is 0 Å². The summed E-state index contributed by atoms with van der Waals surface area (Å²) in [6.45, 7) is 0. The van der Waals surface area contributed by atoms with Crippen LogP contribution in [0.25, 0.3) is 0 Å². The van der Waals surface area contributed by atoms with Crippen molar-refractivity contribution in [2.24, 2.45) is 0 Å². The first-order valence-corrected chi connectivity index (χ1v) is 4.14. The first-order chi connectivity index (χ1) is 6.75. The van der Waals surface area contributed by atoms with Crippen LogP contribution in [0.2, 0.25) is 0 Å². The Labute approximate surface area is 81.0 Å². The van der Waals surface area contributed by atoms with E-state index in [0.717, 1.165) is 21.0 Å². The molecule has 2 heterocycles. The second-order valence-electron chi connectivity index (χ2n) is 2.89. The highest BCUT2D eigenvalue weighted by Crippen LogP contribution is 2.17. The molecule has 0 saturated heterocycles. The molecule has 14 heavy (non-hydrogen) atoms. The summed E-state index contributed by atoms with van der Waals surface area (Å²) in [6.07, 6.45) is 12.5. The van der Waals surface area contributed by atoms with Crippen molar-refractivity contribution in [2.75, 3.05) is 0 Å². The third-order valence-electron chi connectivity index (χ3n) is 1.94. The Morgan fingerprint density at radius 2 is 1.50 bits per heavy atom. The van der Waals surface area contributed by atoms with E-state index in [-0.39, 0.29) is 0 Å². The highest BCUT2D eigenvalue weighted by atomic mass is 16.5. The molecule has 0 fully saturated rings. The molecule has 0 aliphatic carbocycles. The number of allylic oxidation sites excluding steroid dienone is 6. The fraction of sp³-hybridized carbons (Fsp3) is 0. The van der Waals surface area contributed by atoms with E-state index in [9.17, 15) is 10.1 Å². The minimum Gasteiger partial charge on any atom is -0.755 e. The van der Waals surface area contributed by atoms with E-state index >= 15 is 0 Å². The fourth-order valence-electron chi connectivity index (χ4n) is 1.21. The Balaban J connectivity index is 2.30. The molecule has 4 heteroatoms. The van der Waals surface area contributed by atoms with Gasteiger partial charge in [0.05, 0.1) is 4.76 Å². The highest BCUT2D eigenvalue weighted by molar-refractivity contribution is 5.47. The summed E-state index contributed by atoms with van der Waals surface area (Å²) < 4.78 is 0.722. The molecule has 0 N–H and O–H groups in total. The first kappa shape index (κ1) is 8.65. The molecule has 0 aromatic heterocycles. The number of rotatable bonds is 0. The maximum absolute atomic E-state index is 10.8. The Kier molecular flexibility index (Phi) is 2.12. The van der Waals surface area contributed by atoms with Gasteiger partial charge < -0.3 is 10.3 Å². The van der Waals surface area contributed by atoms with Gasteiger partial charge in [-0.25, -0.2) is 0 Å². The van der Waals surface area contributed by atoms with Gasteiger partial charge in [-0.2, -0.15) is 0 Å². The average Bonchev–Trinajstić information content (AvgIpc) is 2.21. The molecule has 0 aromatic rings. The molecule has 70 valence electrons. The number of hydroxylamine groups is 2. The molecule has 4 nitrogen and oxygen atoms in total. The lowest BCUT2D eigenvalue weighted by Gasteiger charge is -2.23. The SMILES string of the molecule is O=[N+]1C=CC(=C2C=CN([O-])C=C2)C=C1. The normalized spacial score (nSPS) is 19.8. The zero-order valence-electron chi connectivity index (χ0n) is 7.33. The maximum atomic E-state index is 10.8. The van der Waals surface area contributed by atoms with Crippen LogP contribution in [0.3, 0.4) is 0 Å². The summed E-state index contributed by atoms with van der Waals surface area (Å²) in [7, 11) is 0. The molecule has 2 rings (SSSR count). The van der Waals surface area contributed by atoms with Gasteiger partial charge >= 0.3 is 0 Å². The molecular weight excluding hydrogens is 180 g/mol. The second kappa shape index (κ2) is 3.43. The Morgan fingerprint density at radius 3 is 2.07 bits per heavy atom. The van der Waals surface area contributed by atoms with Gasteiger partial charge in [0, 0.05) is 17.1 Å². The molecule has 0 saturated carbocycles. The standard InChI is InChI=1S/C10H8N2O2/c13-11-5-1-9(2-6-11)10-3-7-12(14)8-4-10/h1-8H. The van der Waals surface area contributed by atoms with Gasteiger partial charge in [-0.05, 0) is 35.7 Å².